The second-order valence-electron chi connectivity index (χ2n) is 4.33. The maximum atomic E-state index is 6.05. The largest absolute Gasteiger partial charge is 0.398 e. The van der Waals surface area contributed by atoms with Crippen LogP contribution in [0, 0.1) is 0 Å². The van der Waals surface area contributed by atoms with Crippen LogP contribution in [0.2, 0.25) is 0 Å². The number of nitrogen functional groups attached to an aromatic ring is 1. The summed E-state index contributed by atoms with van der Waals surface area (Å²) in [5, 5.41) is 2.48. The molecule has 0 spiro atoms. The molecule has 0 aliphatic heterocycles. The predicted molar refractivity (Wildman–Crippen MR) is 76.9 cm³/mol. The molecule has 0 unspecified atom stereocenters. The fourth-order valence-corrected chi connectivity index (χ4v) is 2.02. The van der Waals surface area contributed by atoms with Gasteiger partial charge in [-0.05, 0) is 23.3 Å². The van der Waals surface area contributed by atoms with Crippen molar-refractivity contribution in [2.75, 3.05) is 5.73 Å². The average molecular weight is 225 g/mol. The number of anilines is 1. The van der Waals surface area contributed by atoms with Gasteiger partial charge in [0.05, 0.1) is 0 Å². The fourth-order valence-electron chi connectivity index (χ4n) is 2.02. The fraction of sp³-hybridized carbons (Fsp3) is 0.250. The molecular weight excluding hydrogens is 206 g/mol. The summed E-state index contributed by atoms with van der Waals surface area (Å²) in [5.41, 5.74) is 8.06. The van der Waals surface area contributed by atoms with Crippen molar-refractivity contribution in [3.63, 3.8) is 0 Å². The Balaban J connectivity index is 2.37. The quantitative estimate of drug-likeness (QED) is 0.596. The Morgan fingerprint density at radius 2 is 1.94 bits per heavy atom. The van der Waals surface area contributed by atoms with Gasteiger partial charge in [0.25, 0.3) is 0 Å². The number of unbranched alkanes of at least 4 members (excludes halogenated alkanes) is 2. The second-order valence-corrected chi connectivity index (χ2v) is 4.33. The summed E-state index contributed by atoms with van der Waals surface area (Å²) in [6.07, 6.45) is 7.98. The van der Waals surface area contributed by atoms with Crippen molar-refractivity contribution in [2.24, 2.45) is 0 Å². The van der Waals surface area contributed by atoms with Crippen molar-refractivity contribution in [3.05, 3.63) is 48.0 Å². The van der Waals surface area contributed by atoms with Crippen molar-refractivity contribution < 1.29 is 0 Å². The van der Waals surface area contributed by atoms with Crippen LogP contribution in [0.5, 0.6) is 0 Å². The maximum absolute atomic E-state index is 6.05. The molecule has 2 N–H and O–H groups in total. The Labute approximate surface area is 103 Å². The molecule has 2 aromatic rings. The van der Waals surface area contributed by atoms with Gasteiger partial charge in [-0.25, -0.2) is 0 Å². The van der Waals surface area contributed by atoms with Gasteiger partial charge in [0.2, 0.25) is 0 Å². The van der Waals surface area contributed by atoms with Gasteiger partial charge < -0.3 is 5.73 Å². The van der Waals surface area contributed by atoms with E-state index >= 15 is 0 Å². The number of fused-ring (bicyclic) bond motifs is 1. The van der Waals surface area contributed by atoms with E-state index in [2.05, 4.69) is 49.4 Å². The molecule has 0 atom stereocenters. The molecule has 0 aliphatic rings. The average Bonchev–Trinajstić information content (AvgIpc) is 2.37. The summed E-state index contributed by atoms with van der Waals surface area (Å²) in [6, 6.07) is 12.4. The standard InChI is InChI=1S/C16H19N/c1-2-3-4-5-10-15-14-9-7-6-8-13(14)11-12-16(15)17/h5-12H,2-4,17H2,1H3. The van der Waals surface area contributed by atoms with Crippen molar-refractivity contribution in [3.8, 4) is 0 Å². The van der Waals surface area contributed by atoms with Crippen LogP contribution in [0.3, 0.4) is 0 Å². The zero-order valence-electron chi connectivity index (χ0n) is 10.3. The first-order chi connectivity index (χ1) is 8.33. The van der Waals surface area contributed by atoms with Crippen LogP contribution in [0.15, 0.2) is 42.5 Å². The molecule has 0 radical (unpaired) electrons. The smallest absolute Gasteiger partial charge is 0.0394 e. The molecule has 0 heterocycles. The molecule has 1 heteroatoms. The summed E-state index contributed by atoms with van der Waals surface area (Å²) in [5.74, 6) is 0. The van der Waals surface area contributed by atoms with E-state index in [1.54, 1.807) is 0 Å². The van der Waals surface area contributed by atoms with Crippen LogP contribution < -0.4 is 5.73 Å². The minimum absolute atomic E-state index is 0.858. The first-order valence-corrected chi connectivity index (χ1v) is 6.26. The number of hydrogen-bond donors (Lipinski definition) is 1. The monoisotopic (exact) mass is 225 g/mol. The lowest BCUT2D eigenvalue weighted by Gasteiger charge is -2.05. The van der Waals surface area contributed by atoms with Gasteiger partial charge in [-0.15, -0.1) is 0 Å². The van der Waals surface area contributed by atoms with Crippen LogP contribution >= 0.6 is 0 Å². The molecule has 1 nitrogen and oxygen atoms in total. The van der Waals surface area contributed by atoms with E-state index in [4.69, 9.17) is 5.73 Å². The molecule has 17 heavy (non-hydrogen) atoms. The van der Waals surface area contributed by atoms with E-state index in [0.29, 0.717) is 0 Å². The number of rotatable bonds is 4. The summed E-state index contributed by atoms with van der Waals surface area (Å²) < 4.78 is 0. The summed E-state index contributed by atoms with van der Waals surface area (Å²) in [7, 11) is 0. The van der Waals surface area contributed by atoms with Crippen molar-refractivity contribution in [1.29, 1.82) is 0 Å². The highest BCUT2D eigenvalue weighted by Gasteiger charge is 2.01. The Hall–Kier alpha value is -1.76. The highest BCUT2D eigenvalue weighted by Crippen LogP contribution is 2.25. The molecule has 0 saturated heterocycles. The Morgan fingerprint density at radius 3 is 2.76 bits per heavy atom. The molecule has 0 saturated carbocycles. The van der Waals surface area contributed by atoms with Gasteiger partial charge in [0.15, 0.2) is 0 Å². The van der Waals surface area contributed by atoms with Crippen molar-refractivity contribution in [1.82, 2.24) is 0 Å². The van der Waals surface area contributed by atoms with Gasteiger partial charge >= 0.3 is 0 Å². The van der Waals surface area contributed by atoms with Crippen LogP contribution in [0.4, 0.5) is 5.69 Å². The first-order valence-electron chi connectivity index (χ1n) is 6.26. The molecule has 0 fully saturated rings. The van der Waals surface area contributed by atoms with Crippen LogP contribution in [0.1, 0.15) is 31.7 Å². The Kier molecular flexibility index (Phi) is 3.81. The number of benzene rings is 2. The molecule has 0 amide bonds. The molecule has 2 rings (SSSR count). The zero-order valence-corrected chi connectivity index (χ0v) is 10.3. The number of allylic oxidation sites excluding steroid dienone is 1. The minimum atomic E-state index is 0.858. The third kappa shape index (κ3) is 2.68. The third-order valence-electron chi connectivity index (χ3n) is 3.01. The van der Waals surface area contributed by atoms with Gasteiger partial charge in [-0.1, -0.05) is 62.2 Å². The van der Waals surface area contributed by atoms with Crippen molar-refractivity contribution in [2.45, 2.75) is 26.2 Å². The van der Waals surface area contributed by atoms with Gasteiger partial charge in [0.1, 0.15) is 0 Å². The van der Waals surface area contributed by atoms with Crippen LogP contribution in [-0.4, -0.2) is 0 Å². The van der Waals surface area contributed by atoms with E-state index < -0.39 is 0 Å². The summed E-state index contributed by atoms with van der Waals surface area (Å²) in [6.45, 7) is 2.21. The zero-order chi connectivity index (χ0) is 12.1. The van der Waals surface area contributed by atoms with E-state index in [-0.39, 0.29) is 0 Å². The van der Waals surface area contributed by atoms with E-state index in [0.717, 1.165) is 17.7 Å². The maximum Gasteiger partial charge on any atom is 0.0394 e. The molecule has 0 bridgehead atoms. The SMILES string of the molecule is CCCCC=Cc1c(N)ccc2ccccc12. The second kappa shape index (κ2) is 5.53. The first kappa shape index (κ1) is 11.7. The third-order valence-corrected chi connectivity index (χ3v) is 3.01. The number of nitrogens with two attached hydrogens (primary N) is 1. The van der Waals surface area contributed by atoms with Gasteiger partial charge in [-0.3, -0.25) is 0 Å². The summed E-state index contributed by atoms with van der Waals surface area (Å²) >= 11 is 0. The Morgan fingerprint density at radius 1 is 1.12 bits per heavy atom. The predicted octanol–water partition coefficient (Wildman–Crippen LogP) is 4.63. The molecule has 88 valence electrons. The summed E-state index contributed by atoms with van der Waals surface area (Å²) in [4.78, 5) is 0. The lowest BCUT2D eigenvalue weighted by molar-refractivity contribution is 0.816. The topological polar surface area (TPSA) is 26.0 Å². The lowest BCUT2D eigenvalue weighted by atomic mass is 10.0. The molecule has 2 aromatic carbocycles. The van der Waals surface area contributed by atoms with Gasteiger partial charge in [-0.2, -0.15) is 0 Å². The van der Waals surface area contributed by atoms with Crippen molar-refractivity contribution >= 4 is 22.5 Å². The molecular formula is C16H19N. The molecule has 0 aromatic heterocycles. The van der Waals surface area contributed by atoms with E-state index in [1.807, 2.05) is 6.07 Å². The Bertz CT molecular complexity index is 526. The normalized spacial score (nSPS) is 11.4. The number of hydrogen-bond acceptors (Lipinski definition) is 1. The van der Waals surface area contributed by atoms with Crippen LogP contribution in [-0.2, 0) is 0 Å². The van der Waals surface area contributed by atoms with Gasteiger partial charge in [0, 0.05) is 11.3 Å². The minimum Gasteiger partial charge on any atom is -0.398 e. The van der Waals surface area contributed by atoms with E-state index in [9.17, 15) is 0 Å². The highest BCUT2D eigenvalue weighted by atomic mass is 14.6. The van der Waals surface area contributed by atoms with E-state index in [1.165, 1.54) is 23.6 Å². The van der Waals surface area contributed by atoms with Crippen LogP contribution in [0.25, 0.3) is 16.8 Å². The highest BCUT2D eigenvalue weighted by molar-refractivity contribution is 5.95. The molecule has 0 aliphatic carbocycles. The lowest BCUT2D eigenvalue weighted by Crippen LogP contribution is -1.90.